The number of hydrogen-bond acceptors (Lipinski definition) is 6. The number of nitrogens with one attached hydrogen (secondary N) is 1. The lowest BCUT2D eigenvalue weighted by Gasteiger charge is -2.39. The molecule has 0 aromatic heterocycles. The zero-order valence-corrected chi connectivity index (χ0v) is 15.4. The van der Waals surface area contributed by atoms with Crippen molar-refractivity contribution >= 4 is 0 Å². The van der Waals surface area contributed by atoms with Crippen molar-refractivity contribution in [1.29, 1.82) is 0 Å². The highest BCUT2D eigenvalue weighted by Gasteiger charge is 2.27. The van der Waals surface area contributed by atoms with Crippen LogP contribution in [0.25, 0.3) is 0 Å². The second-order valence-corrected chi connectivity index (χ2v) is 6.95. The van der Waals surface area contributed by atoms with Gasteiger partial charge in [-0.2, -0.15) is 0 Å². The minimum Gasteiger partial charge on any atom is -0.493 e. The fourth-order valence-corrected chi connectivity index (χ4v) is 3.83. The Hall–Kier alpha value is -1.34. The van der Waals surface area contributed by atoms with Gasteiger partial charge in [0.15, 0.2) is 11.5 Å². The van der Waals surface area contributed by atoms with Crippen LogP contribution in [0.3, 0.4) is 0 Å². The zero-order valence-electron chi connectivity index (χ0n) is 15.4. The van der Waals surface area contributed by atoms with Gasteiger partial charge in [0.1, 0.15) is 0 Å². The molecule has 3 rings (SSSR count). The number of nitrogens with zero attached hydrogens (tertiary/aromatic N) is 2. The second kappa shape index (κ2) is 8.85. The summed E-state index contributed by atoms with van der Waals surface area (Å²) in [6, 6.07) is 6.61. The van der Waals surface area contributed by atoms with Crippen LogP contribution in [0.2, 0.25) is 0 Å². The first-order chi connectivity index (χ1) is 12.2. The topological polar surface area (TPSA) is 57.2 Å². The lowest BCUT2D eigenvalue weighted by molar-refractivity contribution is 0.0589. The van der Waals surface area contributed by atoms with E-state index >= 15 is 0 Å². The smallest absolute Gasteiger partial charge is 0.161 e. The zero-order chi connectivity index (χ0) is 17.6. The average molecular weight is 349 g/mol. The molecule has 2 heterocycles. The van der Waals surface area contributed by atoms with Gasteiger partial charge in [0.25, 0.3) is 0 Å². The van der Waals surface area contributed by atoms with Crippen molar-refractivity contribution < 1.29 is 14.6 Å². The number of aliphatic hydroxyl groups excluding tert-OH is 1. The molecule has 0 saturated carbocycles. The van der Waals surface area contributed by atoms with Crippen LogP contribution in [-0.2, 0) is 0 Å². The number of methoxy groups -OCH3 is 2. The van der Waals surface area contributed by atoms with Crippen molar-refractivity contribution in [1.82, 2.24) is 15.1 Å². The molecule has 2 aliphatic heterocycles. The lowest BCUT2D eigenvalue weighted by atomic mass is 10.0. The molecule has 1 unspecified atom stereocenters. The molecule has 6 nitrogen and oxygen atoms in total. The summed E-state index contributed by atoms with van der Waals surface area (Å²) in [5, 5.41) is 13.2. The first-order valence-corrected chi connectivity index (χ1v) is 9.28. The minimum absolute atomic E-state index is 0.130. The van der Waals surface area contributed by atoms with Gasteiger partial charge in [-0.05, 0) is 30.5 Å². The van der Waals surface area contributed by atoms with Gasteiger partial charge in [-0.25, -0.2) is 0 Å². The van der Waals surface area contributed by atoms with Crippen LogP contribution in [0.5, 0.6) is 11.5 Å². The summed E-state index contributed by atoms with van der Waals surface area (Å²) in [7, 11) is 3.36. The van der Waals surface area contributed by atoms with Gasteiger partial charge in [-0.15, -0.1) is 0 Å². The summed E-state index contributed by atoms with van der Waals surface area (Å²) in [6.07, 6.45) is 1.62. The standard InChI is InChI=1S/C19H31N3O3/c1-24-18-4-3-15(13-19(18)25-2)17(22-11-7-20-8-12-22)14-21-9-5-16(23)6-10-21/h3-4,13,16-17,20,23H,5-12,14H2,1-2H3. The van der Waals surface area contributed by atoms with E-state index in [1.165, 1.54) is 5.56 Å². The van der Waals surface area contributed by atoms with E-state index in [9.17, 15) is 5.11 Å². The summed E-state index contributed by atoms with van der Waals surface area (Å²) in [6.45, 7) is 7.09. The first kappa shape index (κ1) is 18.5. The Labute approximate surface area is 150 Å². The number of aliphatic hydroxyl groups is 1. The van der Waals surface area contributed by atoms with Crippen molar-refractivity contribution in [3.8, 4) is 11.5 Å². The van der Waals surface area contributed by atoms with Crippen LogP contribution in [0, 0.1) is 0 Å². The highest BCUT2D eigenvalue weighted by molar-refractivity contribution is 5.44. The summed E-state index contributed by atoms with van der Waals surface area (Å²) in [4.78, 5) is 5.04. The molecule has 2 fully saturated rings. The molecular formula is C19H31N3O3. The van der Waals surface area contributed by atoms with E-state index in [1.807, 2.05) is 6.07 Å². The van der Waals surface area contributed by atoms with Crippen LogP contribution in [0.1, 0.15) is 24.4 Å². The number of piperidine rings is 1. The molecule has 2 saturated heterocycles. The Kier molecular flexibility index (Phi) is 6.53. The highest BCUT2D eigenvalue weighted by atomic mass is 16.5. The van der Waals surface area contributed by atoms with Crippen LogP contribution in [0.15, 0.2) is 18.2 Å². The molecule has 1 aromatic rings. The van der Waals surface area contributed by atoms with Crippen molar-refractivity contribution in [2.45, 2.75) is 25.0 Å². The van der Waals surface area contributed by atoms with Crippen LogP contribution >= 0.6 is 0 Å². The molecule has 140 valence electrons. The Morgan fingerprint density at radius 3 is 2.40 bits per heavy atom. The maximum Gasteiger partial charge on any atom is 0.161 e. The molecule has 0 spiro atoms. The van der Waals surface area contributed by atoms with Gasteiger partial charge < -0.3 is 24.8 Å². The van der Waals surface area contributed by atoms with Crippen LogP contribution in [-0.4, -0.2) is 81.0 Å². The number of rotatable bonds is 6. The molecular weight excluding hydrogens is 318 g/mol. The summed E-state index contributed by atoms with van der Waals surface area (Å²) >= 11 is 0. The van der Waals surface area contributed by atoms with E-state index in [1.54, 1.807) is 14.2 Å². The Balaban J connectivity index is 1.80. The maximum absolute atomic E-state index is 9.78. The van der Waals surface area contributed by atoms with E-state index in [2.05, 4.69) is 27.2 Å². The first-order valence-electron chi connectivity index (χ1n) is 9.28. The SMILES string of the molecule is COc1ccc(C(CN2CCC(O)CC2)N2CCNCC2)cc1OC. The minimum atomic E-state index is -0.130. The molecule has 0 bridgehead atoms. The third-order valence-corrected chi connectivity index (χ3v) is 5.37. The lowest BCUT2D eigenvalue weighted by Crippen LogP contribution is -2.49. The number of likely N-dealkylation sites (tertiary alicyclic amines) is 1. The van der Waals surface area contributed by atoms with E-state index in [4.69, 9.17) is 9.47 Å². The molecule has 6 heteroatoms. The Morgan fingerprint density at radius 1 is 1.08 bits per heavy atom. The predicted octanol–water partition coefficient (Wildman–Crippen LogP) is 1.11. The van der Waals surface area contributed by atoms with E-state index in [0.717, 1.165) is 70.2 Å². The molecule has 2 N–H and O–H groups in total. The average Bonchev–Trinajstić information content (AvgIpc) is 2.67. The quantitative estimate of drug-likeness (QED) is 0.802. The number of benzene rings is 1. The van der Waals surface area contributed by atoms with Crippen LogP contribution in [0.4, 0.5) is 0 Å². The fourth-order valence-electron chi connectivity index (χ4n) is 3.83. The Morgan fingerprint density at radius 2 is 1.76 bits per heavy atom. The molecule has 0 aliphatic carbocycles. The number of ether oxygens (including phenoxy) is 2. The summed E-state index contributed by atoms with van der Waals surface area (Å²) < 4.78 is 10.9. The van der Waals surface area contributed by atoms with Crippen molar-refractivity contribution in [2.24, 2.45) is 0 Å². The third kappa shape index (κ3) is 4.64. The van der Waals surface area contributed by atoms with Gasteiger partial charge in [0.2, 0.25) is 0 Å². The van der Waals surface area contributed by atoms with Crippen molar-refractivity contribution in [3.63, 3.8) is 0 Å². The summed E-state index contributed by atoms with van der Waals surface area (Å²) in [5.41, 5.74) is 1.27. The largest absolute Gasteiger partial charge is 0.493 e. The maximum atomic E-state index is 9.78. The Bertz CT molecular complexity index is 541. The van der Waals surface area contributed by atoms with E-state index < -0.39 is 0 Å². The fraction of sp³-hybridized carbons (Fsp3) is 0.684. The molecule has 0 amide bonds. The second-order valence-electron chi connectivity index (χ2n) is 6.95. The molecule has 25 heavy (non-hydrogen) atoms. The van der Waals surface area contributed by atoms with Gasteiger partial charge in [0, 0.05) is 51.9 Å². The van der Waals surface area contributed by atoms with Gasteiger partial charge in [0.05, 0.1) is 20.3 Å². The monoisotopic (exact) mass is 349 g/mol. The van der Waals surface area contributed by atoms with Crippen LogP contribution < -0.4 is 14.8 Å². The van der Waals surface area contributed by atoms with Crippen molar-refractivity contribution in [2.75, 3.05) is 60.0 Å². The van der Waals surface area contributed by atoms with E-state index in [-0.39, 0.29) is 6.10 Å². The highest BCUT2D eigenvalue weighted by Crippen LogP contribution is 2.33. The van der Waals surface area contributed by atoms with Gasteiger partial charge in [-0.1, -0.05) is 6.07 Å². The molecule has 1 atom stereocenters. The van der Waals surface area contributed by atoms with Gasteiger partial charge in [-0.3, -0.25) is 4.90 Å². The van der Waals surface area contributed by atoms with Gasteiger partial charge >= 0.3 is 0 Å². The predicted molar refractivity (Wildman–Crippen MR) is 98.4 cm³/mol. The summed E-state index contributed by atoms with van der Waals surface area (Å²) in [5.74, 6) is 1.56. The van der Waals surface area contributed by atoms with Crippen molar-refractivity contribution in [3.05, 3.63) is 23.8 Å². The van der Waals surface area contributed by atoms with E-state index in [0.29, 0.717) is 6.04 Å². The molecule has 2 aliphatic rings. The number of hydrogen-bond donors (Lipinski definition) is 2. The number of piperazine rings is 1. The molecule has 1 aromatic carbocycles. The third-order valence-electron chi connectivity index (χ3n) is 5.37. The molecule has 0 radical (unpaired) electrons. The normalized spacial score (nSPS) is 21.9.